The number of H-pyrrole nitrogens is 1. The Bertz CT molecular complexity index is 560. The fourth-order valence-corrected chi connectivity index (χ4v) is 1.33. The lowest BCUT2D eigenvalue weighted by Gasteiger charge is -2.01. The Balaban J connectivity index is 2.66. The normalized spacial score (nSPS) is 10.5. The van der Waals surface area contributed by atoms with Gasteiger partial charge in [-0.25, -0.2) is 4.98 Å². The first-order chi connectivity index (χ1) is 7.09. The Hall–Kier alpha value is -1.63. The highest BCUT2D eigenvalue weighted by Crippen LogP contribution is 2.18. The van der Waals surface area contributed by atoms with E-state index in [0.717, 1.165) is 0 Å². The molecule has 78 valence electrons. The van der Waals surface area contributed by atoms with Crippen LogP contribution in [-0.4, -0.2) is 24.6 Å². The zero-order valence-corrected chi connectivity index (χ0v) is 9.32. The highest BCUT2D eigenvalue weighted by atomic mass is 79.9. The summed E-state index contributed by atoms with van der Waals surface area (Å²) in [5.74, 6) is 0.361. The number of aromatic nitrogens is 4. The van der Waals surface area contributed by atoms with Crippen molar-refractivity contribution in [2.75, 3.05) is 0 Å². The summed E-state index contributed by atoms with van der Waals surface area (Å²) in [6.07, 6.45) is 3.29. The number of aromatic hydroxyl groups is 1. The van der Waals surface area contributed by atoms with Crippen molar-refractivity contribution in [3.63, 3.8) is 0 Å². The van der Waals surface area contributed by atoms with E-state index in [9.17, 15) is 9.90 Å². The molecule has 7 heteroatoms. The molecule has 2 heterocycles. The van der Waals surface area contributed by atoms with E-state index in [0.29, 0.717) is 5.82 Å². The molecule has 2 N–H and O–H groups in total. The third kappa shape index (κ3) is 1.65. The third-order valence-corrected chi connectivity index (χ3v) is 2.59. The molecule has 0 fully saturated rings. The van der Waals surface area contributed by atoms with E-state index < -0.39 is 5.56 Å². The molecule has 0 atom stereocenters. The molecule has 0 saturated carbocycles. The zero-order chi connectivity index (χ0) is 11.0. The van der Waals surface area contributed by atoms with Crippen LogP contribution in [0.5, 0.6) is 5.88 Å². The van der Waals surface area contributed by atoms with E-state index in [-0.39, 0.29) is 16.2 Å². The molecule has 0 amide bonds. The molecule has 2 aromatic heterocycles. The largest absolute Gasteiger partial charge is 0.492 e. The van der Waals surface area contributed by atoms with E-state index in [2.05, 4.69) is 30.9 Å². The van der Waals surface area contributed by atoms with Crippen LogP contribution < -0.4 is 5.56 Å². The summed E-state index contributed by atoms with van der Waals surface area (Å²) in [5, 5.41) is 9.36. The van der Waals surface area contributed by atoms with Gasteiger partial charge in [0.1, 0.15) is 4.47 Å². The first kappa shape index (κ1) is 9.91. The predicted molar refractivity (Wildman–Crippen MR) is 56.4 cm³/mol. The molecule has 0 saturated heterocycles. The maximum atomic E-state index is 11.3. The second kappa shape index (κ2) is 3.50. The number of imidazole rings is 1. The summed E-state index contributed by atoms with van der Waals surface area (Å²) in [4.78, 5) is 21.6. The van der Waals surface area contributed by atoms with Crippen molar-refractivity contribution in [2.24, 2.45) is 7.05 Å². The second-order valence-corrected chi connectivity index (χ2v) is 3.71. The van der Waals surface area contributed by atoms with Gasteiger partial charge >= 0.3 is 0 Å². The van der Waals surface area contributed by atoms with E-state index in [1.165, 1.54) is 0 Å². The average Bonchev–Trinajstić information content (AvgIpc) is 2.60. The molecule has 15 heavy (non-hydrogen) atoms. The molecular weight excluding hydrogens is 264 g/mol. The molecular formula is C8H7BrN4O2. The lowest BCUT2D eigenvalue weighted by atomic mass is 10.5. The first-order valence-corrected chi connectivity index (χ1v) is 4.85. The van der Waals surface area contributed by atoms with Gasteiger partial charge < -0.3 is 14.7 Å². The summed E-state index contributed by atoms with van der Waals surface area (Å²) >= 11 is 2.91. The molecule has 0 radical (unpaired) electrons. The monoisotopic (exact) mass is 270 g/mol. The molecule has 0 bridgehead atoms. The SMILES string of the molecule is Cn1ccnc1-c1nc(O)c(Br)c(=O)[nH]1. The van der Waals surface area contributed by atoms with Crippen LogP contribution in [0.1, 0.15) is 0 Å². The van der Waals surface area contributed by atoms with Gasteiger partial charge in [0.05, 0.1) is 0 Å². The number of hydrogen-bond donors (Lipinski definition) is 2. The predicted octanol–water partition coefficient (Wildman–Crippen LogP) is 0.638. The van der Waals surface area contributed by atoms with Crippen molar-refractivity contribution in [3.05, 3.63) is 27.2 Å². The summed E-state index contributed by atoms with van der Waals surface area (Å²) in [5.41, 5.74) is -0.444. The van der Waals surface area contributed by atoms with Crippen LogP contribution in [0.15, 0.2) is 21.7 Å². The quantitative estimate of drug-likeness (QED) is 0.797. The average molecular weight is 271 g/mol. The maximum absolute atomic E-state index is 11.3. The van der Waals surface area contributed by atoms with Gasteiger partial charge in [-0.05, 0) is 15.9 Å². The molecule has 0 aliphatic heterocycles. The van der Waals surface area contributed by atoms with Crippen LogP contribution >= 0.6 is 15.9 Å². The first-order valence-electron chi connectivity index (χ1n) is 4.06. The molecule has 0 aliphatic carbocycles. The van der Waals surface area contributed by atoms with Crippen LogP contribution in [0.4, 0.5) is 0 Å². The van der Waals surface area contributed by atoms with Crippen LogP contribution in [0.3, 0.4) is 0 Å². The van der Waals surface area contributed by atoms with Crippen molar-refractivity contribution in [2.45, 2.75) is 0 Å². The lowest BCUT2D eigenvalue weighted by molar-refractivity contribution is 0.447. The van der Waals surface area contributed by atoms with E-state index in [4.69, 9.17) is 0 Å². The van der Waals surface area contributed by atoms with Crippen LogP contribution in [-0.2, 0) is 7.05 Å². The van der Waals surface area contributed by atoms with Gasteiger partial charge in [0.15, 0.2) is 11.6 Å². The Labute approximate surface area is 92.8 Å². The van der Waals surface area contributed by atoms with Gasteiger partial charge in [-0.15, -0.1) is 0 Å². The van der Waals surface area contributed by atoms with Crippen molar-refractivity contribution < 1.29 is 5.11 Å². The number of hydrogen-bond acceptors (Lipinski definition) is 4. The van der Waals surface area contributed by atoms with E-state index in [1.54, 1.807) is 24.0 Å². The molecule has 2 rings (SSSR count). The molecule has 0 aromatic carbocycles. The lowest BCUT2D eigenvalue weighted by Crippen LogP contribution is -2.11. The second-order valence-electron chi connectivity index (χ2n) is 2.91. The molecule has 6 nitrogen and oxygen atoms in total. The summed E-state index contributed by atoms with van der Waals surface area (Å²) in [6, 6.07) is 0. The number of rotatable bonds is 1. The fraction of sp³-hybridized carbons (Fsp3) is 0.125. The van der Waals surface area contributed by atoms with Crippen molar-refractivity contribution in [1.82, 2.24) is 19.5 Å². The summed E-state index contributed by atoms with van der Waals surface area (Å²) in [6.45, 7) is 0. The Kier molecular flexibility index (Phi) is 2.31. The van der Waals surface area contributed by atoms with Crippen molar-refractivity contribution in [1.29, 1.82) is 0 Å². The maximum Gasteiger partial charge on any atom is 0.269 e. The minimum atomic E-state index is -0.444. The minimum Gasteiger partial charge on any atom is -0.492 e. The zero-order valence-electron chi connectivity index (χ0n) is 7.73. The number of aromatic amines is 1. The minimum absolute atomic E-state index is 0.0143. The van der Waals surface area contributed by atoms with Gasteiger partial charge in [0.2, 0.25) is 5.88 Å². The van der Waals surface area contributed by atoms with Crippen LogP contribution in [0.2, 0.25) is 0 Å². The highest BCUT2D eigenvalue weighted by molar-refractivity contribution is 9.10. The van der Waals surface area contributed by atoms with Gasteiger partial charge in [0.25, 0.3) is 5.56 Å². The number of halogens is 1. The fourth-order valence-electron chi connectivity index (χ4n) is 1.15. The van der Waals surface area contributed by atoms with E-state index >= 15 is 0 Å². The van der Waals surface area contributed by atoms with Crippen molar-refractivity contribution in [3.8, 4) is 17.5 Å². The number of nitrogens with one attached hydrogen (secondary N) is 1. The molecule has 0 aliphatic rings. The topological polar surface area (TPSA) is 83.8 Å². The Morgan fingerprint density at radius 3 is 2.87 bits per heavy atom. The van der Waals surface area contributed by atoms with Gasteiger partial charge in [-0.1, -0.05) is 0 Å². The summed E-state index contributed by atoms with van der Waals surface area (Å²) < 4.78 is 1.70. The Morgan fingerprint density at radius 2 is 2.33 bits per heavy atom. The van der Waals surface area contributed by atoms with Gasteiger partial charge in [-0.3, -0.25) is 4.79 Å². The molecule has 2 aromatic rings. The van der Waals surface area contributed by atoms with Gasteiger partial charge in [0, 0.05) is 19.4 Å². The van der Waals surface area contributed by atoms with Crippen LogP contribution in [0, 0.1) is 0 Å². The smallest absolute Gasteiger partial charge is 0.269 e. The summed E-state index contributed by atoms with van der Waals surface area (Å²) in [7, 11) is 1.77. The number of aryl methyl sites for hydroxylation is 1. The molecule has 0 spiro atoms. The standard InChI is InChI=1S/C8H7BrN4O2/c1-13-3-2-10-6(13)5-11-7(14)4(9)8(15)12-5/h2-3H,1H3,(H2,11,12,14,15). The molecule has 0 unspecified atom stereocenters. The van der Waals surface area contributed by atoms with Crippen molar-refractivity contribution >= 4 is 15.9 Å². The van der Waals surface area contributed by atoms with Gasteiger partial charge in [-0.2, -0.15) is 4.98 Å². The van der Waals surface area contributed by atoms with E-state index in [1.807, 2.05) is 0 Å². The highest BCUT2D eigenvalue weighted by Gasteiger charge is 2.11. The number of nitrogens with zero attached hydrogens (tertiary/aromatic N) is 3. The van der Waals surface area contributed by atoms with Crippen LogP contribution in [0.25, 0.3) is 11.6 Å². The third-order valence-electron chi connectivity index (χ3n) is 1.88. The Morgan fingerprint density at radius 1 is 1.60 bits per heavy atom.